The van der Waals surface area contributed by atoms with E-state index in [0.29, 0.717) is 0 Å². The molecular formula is C14H10CoNa2O10S2. The molecule has 2 aromatic carbocycles. The first kappa shape index (κ1) is 33.3. The molecule has 0 aliphatic rings. The summed E-state index contributed by atoms with van der Waals surface area (Å²) in [6, 6.07) is 5.48. The number of carbonyl (C=O) groups excluding carboxylic acids is 2. The number of phenolic OH excluding ortho intramolecular Hbond substituents is 2. The zero-order valence-corrected chi connectivity index (χ0v) is 21.6. The summed E-state index contributed by atoms with van der Waals surface area (Å²) >= 11 is 0. The van der Waals surface area contributed by atoms with Gasteiger partial charge in [-0.25, -0.2) is 16.8 Å². The number of benzene rings is 2. The van der Waals surface area contributed by atoms with Crippen molar-refractivity contribution in [3.63, 3.8) is 0 Å². The summed E-state index contributed by atoms with van der Waals surface area (Å²) in [6.07, 6.45) is 0.536. The minimum atomic E-state index is -4.57. The molecule has 0 aromatic heterocycles. The van der Waals surface area contributed by atoms with Crippen LogP contribution < -0.4 is 59.1 Å². The van der Waals surface area contributed by atoms with Gasteiger partial charge in [0, 0.05) is 16.8 Å². The maximum atomic E-state index is 10.5. The van der Waals surface area contributed by atoms with Gasteiger partial charge < -0.3 is 19.3 Å². The van der Waals surface area contributed by atoms with Gasteiger partial charge in [0.25, 0.3) is 0 Å². The van der Waals surface area contributed by atoms with Crippen LogP contribution in [0.2, 0.25) is 0 Å². The Morgan fingerprint density at radius 2 is 0.966 bits per heavy atom. The number of hydrogen-bond acceptors (Lipinski definition) is 10. The summed E-state index contributed by atoms with van der Waals surface area (Å²) in [5.41, 5.74) is -0.450. The topological polar surface area (TPSA) is 189 Å². The van der Waals surface area contributed by atoms with Crippen molar-refractivity contribution in [2.75, 3.05) is 0 Å². The van der Waals surface area contributed by atoms with E-state index in [4.69, 9.17) is 10.2 Å². The van der Waals surface area contributed by atoms with Crippen LogP contribution in [-0.2, 0) is 37.0 Å². The van der Waals surface area contributed by atoms with Gasteiger partial charge in [0.05, 0.1) is 20.9 Å². The Morgan fingerprint density at radius 3 is 1.17 bits per heavy atom. The SMILES string of the molecule is O=Cc1cc(S(=O)(=O)[O-])ccc1O.O=Cc1cc(S(=O)(=O)[O-])ccc1O.[Co].[Na+].[Na+]. The minimum Gasteiger partial charge on any atom is -0.744 e. The molecule has 0 amide bonds. The maximum Gasteiger partial charge on any atom is 1.00 e. The van der Waals surface area contributed by atoms with Crippen molar-refractivity contribution in [2.45, 2.75) is 9.79 Å². The van der Waals surface area contributed by atoms with Gasteiger partial charge in [0.15, 0.2) is 12.6 Å². The zero-order valence-electron chi connectivity index (χ0n) is 14.9. The molecule has 0 saturated heterocycles. The molecule has 0 atom stereocenters. The number of aldehydes is 2. The van der Waals surface area contributed by atoms with Crippen molar-refractivity contribution in [3.05, 3.63) is 47.5 Å². The predicted octanol–water partition coefficient (Wildman–Crippen LogP) is -5.78. The Bertz CT molecular complexity index is 971. The molecule has 10 nitrogen and oxygen atoms in total. The Labute approximate surface area is 221 Å². The first-order valence-electron chi connectivity index (χ1n) is 6.38. The molecule has 149 valence electrons. The molecule has 2 N–H and O–H groups in total. The molecule has 0 unspecified atom stereocenters. The summed E-state index contributed by atoms with van der Waals surface area (Å²) < 4.78 is 62.8. The Balaban J connectivity index is -0.000000422. The van der Waals surface area contributed by atoms with E-state index in [1.807, 2.05) is 0 Å². The van der Waals surface area contributed by atoms with Crippen LogP contribution >= 0.6 is 0 Å². The second kappa shape index (κ2) is 13.9. The van der Waals surface area contributed by atoms with E-state index in [1.54, 1.807) is 0 Å². The van der Waals surface area contributed by atoms with E-state index in [1.165, 1.54) is 0 Å². The van der Waals surface area contributed by atoms with Crippen LogP contribution in [0, 0.1) is 0 Å². The van der Waals surface area contributed by atoms with Crippen LogP contribution in [0.5, 0.6) is 11.5 Å². The molecule has 1 radical (unpaired) electrons. The maximum absolute atomic E-state index is 10.5. The molecule has 2 aromatic rings. The standard InChI is InChI=1S/2C7H6O5S.Co.2Na/c2*8-4-5-3-6(13(10,11)12)1-2-7(5)9;;;/h2*1-4,9H,(H,10,11,12);;;/q;;;2*+1/p-2. The fourth-order valence-corrected chi connectivity index (χ4v) is 2.58. The molecule has 0 fully saturated rings. The predicted molar refractivity (Wildman–Crippen MR) is 82.9 cm³/mol. The van der Waals surface area contributed by atoms with Gasteiger partial charge in [0.1, 0.15) is 31.7 Å². The van der Waals surface area contributed by atoms with Crippen molar-refractivity contribution in [3.8, 4) is 11.5 Å². The largest absolute Gasteiger partial charge is 1.00 e. The van der Waals surface area contributed by atoms with E-state index < -0.39 is 30.0 Å². The summed E-state index contributed by atoms with van der Waals surface area (Å²) in [5.74, 6) is -0.718. The second-order valence-electron chi connectivity index (χ2n) is 4.59. The first-order chi connectivity index (χ1) is 11.9. The van der Waals surface area contributed by atoms with Crippen molar-refractivity contribution in [2.24, 2.45) is 0 Å². The van der Waals surface area contributed by atoms with Gasteiger partial charge in [-0.1, -0.05) is 0 Å². The third kappa shape index (κ3) is 10.5. The Hall–Kier alpha value is -0.294. The van der Waals surface area contributed by atoms with Crippen LogP contribution in [0.3, 0.4) is 0 Å². The van der Waals surface area contributed by atoms with Crippen molar-refractivity contribution < 1.29 is 122 Å². The van der Waals surface area contributed by atoms with Gasteiger partial charge in [-0.15, -0.1) is 0 Å². The van der Waals surface area contributed by atoms with Gasteiger partial charge in [-0.3, -0.25) is 9.59 Å². The molecule has 15 heteroatoms. The monoisotopic (exact) mass is 507 g/mol. The van der Waals surface area contributed by atoms with Crippen molar-refractivity contribution in [1.29, 1.82) is 0 Å². The number of carbonyl (C=O) groups is 2. The normalized spacial score (nSPS) is 10.0. The molecule has 0 spiro atoms. The molecule has 0 bridgehead atoms. The fraction of sp³-hybridized carbons (Fsp3) is 0. The van der Waals surface area contributed by atoms with Gasteiger partial charge in [0.2, 0.25) is 0 Å². The van der Waals surface area contributed by atoms with Crippen LogP contribution in [0.15, 0.2) is 46.2 Å². The van der Waals surface area contributed by atoms with Gasteiger partial charge in [-0.05, 0) is 36.4 Å². The number of phenols is 2. The zero-order chi connectivity index (χ0) is 20.1. The number of hydrogen-bond donors (Lipinski definition) is 2. The molecule has 2 rings (SSSR count). The van der Waals surface area contributed by atoms with Gasteiger partial charge >= 0.3 is 59.1 Å². The third-order valence-electron chi connectivity index (χ3n) is 2.83. The quantitative estimate of drug-likeness (QED) is 0.229. The van der Waals surface area contributed by atoms with Gasteiger partial charge in [-0.2, -0.15) is 0 Å². The molecule has 0 aliphatic carbocycles. The molecule has 29 heavy (non-hydrogen) atoms. The fourth-order valence-electron chi connectivity index (χ4n) is 1.57. The average molecular weight is 507 g/mol. The molecule has 0 heterocycles. The Kier molecular flexibility index (Phi) is 16.0. The molecule has 0 aliphatic heterocycles. The smallest absolute Gasteiger partial charge is 0.744 e. The average Bonchev–Trinajstić information content (AvgIpc) is 2.54. The first-order valence-corrected chi connectivity index (χ1v) is 9.20. The van der Waals surface area contributed by atoms with Crippen LogP contribution in [-0.4, -0.2) is 48.7 Å². The second-order valence-corrected chi connectivity index (χ2v) is 7.34. The van der Waals surface area contributed by atoms with Crippen LogP contribution in [0.25, 0.3) is 0 Å². The van der Waals surface area contributed by atoms with E-state index in [2.05, 4.69) is 0 Å². The van der Waals surface area contributed by atoms with Crippen LogP contribution in [0.4, 0.5) is 0 Å². The molecular weight excluding hydrogens is 497 g/mol. The molecule has 0 saturated carbocycles. The number of rotatable bonds is 4. The van der Waals surface area contributed by atoms with Crippen LogP contribution in [0.1, 0.15) is 20.7 Å². The van der Waals surface area contributed by atoms with Crippen molar-refractivity contribution >= 4 is 32.8 Å². The van der Waals surface area contributed by atoms with E-state index >= 15 is 0 Å². The van der Waals surface area contributed by atoms with E-state index in [9.17, 15) is 35.5 Å². The summed E-state index contributed by atoms with van der Waals surface area (Å²) in [6.45, 7) is 0. The summed E-state index contributed by atoms with van der Waals surface area (Å²) in [4.78, 5) is 19.4. The third-order valence-corrected chi connectivity index (χ3v) is 4.49. The van der Waals surface area contributed by atoms with Crippen molar-refractivity contribution in [1.82, 2.24) is 0 Å². The van der Waals surface area contributed by atoms with E-state index in [-0.39, 0.29) is 111 Å². The summed E-state index contributed by atoms with van der Waals surface area (Å²) in [7, 11) is -9.14. The summed E-state index contributed by atoms with van der Waals surface area (Å²) in [5, 5.41) is 17.9. The number of aromatic hydroxyl groups is 2. The minimum absolute atomic E-state index is 0. The Morgan fingerprint density at radius 1 is 0.690 bits per heavy atom. The van der Waals surface area contributed by atoms with E-state index in [0.717, 1.165) is 36.4 Å².